The predicted octanol–water partition coefficient (Wildman–Crippen LogP) is 3.92. The number of halogens is 1. The van der Waals surface area contributed by atoms with Crippen molar-refractivity contribution in [3.63, 3.8) is 0 Å². The summed E-state index contributed by atoms with van der Waals surface area (Å²) in [6.07, 6.45) is -0.356. The number of anilines is 1. The third-order valence-electron chi connectivity index (χ3n) is 2.98. The van der Waals surface area contributed by atoms with Crippen molar-refractivity contribution in [2.24, 2.45) is 0 Å². The zero-order valence-electron chi connectivity index (χ0n) is 14.1. The van der Waals surface area contributed by atoms with E-state index in [0.717, 1.165) is 14.7 Å². The van der Waals surface area contributed by atoms with Gasteiger partial charge < -0.3 is 10.1 Å². The minimum absolute atomic E-state index is 0.207. The summed E-state index contributed by atoms with van der Waals surface area (Å²) >= 11 is 3.37. The molecule has 1 heterocycles. The lowest BCUT2D eigenvalue weighted by molar-refractivity contribution is -0.115. The molecule has 2 aromatic rings. The van der Waals surface area contributed by atoms with Crippen LogP contribution in [-0.2, 0) is 16.0 Å². The normalized spacial score (nSPS) is 11.2. The number of amides is 1. The Morgan fingerprint density at radius 2 is 2.00 bits per heavy atom. The minimum atomic E-state index is -0.612. The summed E-state index contributed by atoms with van der Waals surface area (Å²) in [5.41, 5.74) is 0.853. The Balaban J connectivity index is 2.04. The van der Waals surface area contributed by atoms with Gasteiger partial charge in [-0.15, -0.1) is 5.10 Å². The molecule has 0 atom stereocenters. The number of hydrogen-bond donors (Lipinski definition) is 1. The smallest absolute Gasteiger partial charge is 0.435 e. The largest absolute Gasteiger partial charge is 0.442 e. The number of carbonyl (C=O) groups is 2. The monoisotopic (exact) mass is 393 g/mol. The first-order valence-electron chi connectivity index (χ1n) is 7.48. The number of nitrogens with one attached hydrogen (secondary N) is 1. The van der Waals surface area contributed by atoms with Crippen molar-refractivity contribution < 1.29 is 14.3 Å². The highest BCUT2D eigenvalue weighted by molar-refractivity contribution is 9.10. The van der Waals surface area contributed by atoms with Gasteiger partial charge in [-0.3, -0.25) is 4.79 Å². The summed E-state index contributed by atoms with van der Waals surface area (Å²) in [5, 5.41) is 6.79. The second-order valence-electron chi connectivity index (χ2n) is 6.42. The lowest BCUT2D eigenvalue weighted by atomic mass is 10.1. The SMILES string of the molecule is Cc1cc(NC(=O)Cc2cccc(Br)c2)nn1C(=O)OC(C)(C)C. The van der Waals surface area contributed by atoms with Gasteiger partial charge in [0.2, 0.25) is 5.91 Å². The molecule has 1 amide bonds. The average Bonchev–Trinajstić information content (AvgIpc) is 2.77. The maximum absolute atomic E-state index is 12.1. The molecule has 1 aromatic heterocycles. The molecule has 1 N–H and O–H groups in total. The van der Waals surface area contributed by atoms with Crippen molar-refractivity contribution in [1.82, 2.24) is 9.78 Å². The molecule has 128 valence electrons. The van der Waals surface area contributed by atoms with E-state index in [1.54, 1.807) is 33.8 Å². The zero-order valence-corrected chi connectivity index (χ0v) is 15.7. The minimum Gasteiger partial charge on any atom is -0.442 e. The number of nitrogens with zero attached hydrogens (tertiary/aromatic N) is 2. The summed E-state index contributed by atoms with van der Waals surface area (Å²) in [6.45, 7) is 7.07. The topological polar surface area (TPSA) is 73.2 Å². The van der Waals surface area contributed by atoms with Crippen LogP contribution in [0.2, 0.25) is 0 Å². The van der Waals surface area contributed by atoms with Gasteiger partial charge in [0.05, 0.1) is 6.42 Å². The van der Waals surface area contributed by atoms with Crippen LogP contribution in [0, 0.1) is 6.92 Å². The number of carbonyl (C=O) groups excluding carboxylic acids is 2. The maximum Gasteiger partial charge on any atom is 0.435 e. The van der Waals surface area contributed by atoms with Crippen LogP contribution in [-0.4, -0.2) is 27.4 Å². The van der Waals surface area contributed by atoms with E-state index < -0.39 is 11.7 Å². The molecule has 0 fully saturated rings. The van der Waals surface area contributed by atoms with Gasteiger partial charge in [0.1, 0.15) is 5.60 Å². The second kappa shape index (κ2) is 7.17. The van der Waals surface area contributed by atoms with E-state index in [2.05, 4.69) is 26.3 Å². The Kier molecular flexibility index (Phi) is 5.43. The molecule has 0 aliphatic carbocycles. The van der Waals surface area contributed by atoms with Crippen LogP contribution in [0.3, 0.4) is 0 Å². The molecule has 0 radical (unpaired) electrons. The molecule has 1 aromatic carbocycles. The van der Waals surface area contributed by atoms with E-state index in [1.807, 2.05) is 24.3 Å². The van der Waals surface area contributed by atoms with Crippen molar-refractivity contribution >= 4 is 33.7 Å². The molecule has 0 unspecified atom stereocenters. The molecule has 24 heavy (non-hydrogen) atoms. The summed E-state index contributed by atoms with van der Waals surface area (Å²) in [5.74, 6) is 0.111. The van der Waals surface area contributed by atoms with Crippen molar-refractivity contribution in [2.75, 3.05) is 5.32 Å². The quantitative estimate of drug-likeness (QED) is 0.857. The Labute approximate surface area is 149 Å². The predicted molar refractivity (Wildman–Crippen MR) is 95.1 cm³/mol. The van der Waals surface area contributed by atoms with Gasteiger partial charge in [-0.2, -0.15) is 4.68 Å². The van der Waals surface area contributed by atoms with Gasteiger partial charge in [-0.1, -0.05) is 28.1 Å². The van der Waals surface area contributed by atoms with Crippen LogP contribution >= 0.6 is 15.9 Å². The van der Waals surface area contributed by atoms with Crippen LogP contribution in [0.5, 0.6) is 0 Å². The second-order valence-corrected chi connectivity index (χ2v) is 7.33. The number of ether oxygens (including phenoxy) is 1. The van der Waals surface area contributed by atoms with Gasteiger partial charge in [0.25, 0.3) is 0 Å². The van der Waals surface area contributed by atoms with Crippen LogP contribution < -0.4 is 5.32 Å². The molecule has 6 nitrogen and oxygen atoms in total. The van der Waals surface area contributed by atoms with Crippen LogP contribution in [0.1, 0.15) is 32.0 Å². The Hall–Kier alpha value is -2.15. The molecular weight excluding hydrogens is 374 g/mol. The van der Waals surface area contributed by atoms with Crippen LogP contribution in [0.25, 0.3) is 0 Å². The lowest BCUT2D eigenvalue weighted by Crippen LogP contribution is -2.28. The summed E-state index contributed by atoms with van der Waals surface area (Å²) in [4.78, 5) is 24.2. The van der Waals surface area contributed by atoms with Crippen LogP contribution in [0.4, 0.5) is 10.6 Å². The maximum atomic E-state index is 12.1. The molecule has 0 saturated carbocycles. The van der Waals surface area contributed by atoms with Crippen LogP contribution in [0.15, 0.2) is 34.8 Å². The van der Waals surface area contributed by atoms with Gasteiger partial charge in [0.15, 0.2) is 5.82 Å². The Morgan fingerprint density at radius 1 is 1.29 bits per heavy atom. The molecule has 0 aliphatic rings. The van der Waals surface area contributed by atoms with E-state index >= 15 is 0 Å². The van der Waals surface area contributed by atoms with E-state index in [9.17, 15) is 9.59 Å². The van der Waals surface area contributed by atoms with Gasteiger partial charge in [-0.25, -0.2) is 4.79 Å². The number of aryl methyl sites for hydroxylation is 1. The molecular formula is C17H20BrN3O3. The zero-order chi connectivity index (χ0) is 17.9. The van der Waals surface area contributed by atoms with Crippen molar-refractivity contribution in [3.8, 4) is 0 Å². The average molecular weight is 394 g/mol. The summed E-state index contributed by atoms with van der Waals surface area (Å²) in [7, 11) is 0. The molecule has 0 saturated heterocycles. The fraction of sp³-hybridized carbons (Fsp3) is 0.353. The summed E-state index contributed by atoms with van der Waals surface area (Å²) in [6, 6.07) is 9.14. The molecule has 2 rings (SSSR count). The lowest BCUT2D eigenvalue weighted by Gasteiger charge is -2.19. The number of hydrogen-bond acceptors (Lipinski definition) is 4. The number of benzene rings is 1. The van der Waals surface area contributed by atoms with E-state index in [-0.39, 0.29) is 12.3 Å². The first kappa shape index (κ1) is 18.2. The first-order valence-corrected chi connectivity index (χ1v) is 8.28. The van der Waals surface area contributed by atoms with Crippen molar-refractivity contribution in [2.45, 2.75) is 39.7 Å². The van der Waals surface area contributed by atoms with Gasteiger partial charge in [0, 0.05) is 16.2 Å². The molecule has 0 spiro atoms. The van der Waals surface area contributed by atoms with E-state index in [4.69, 9.17) is 4.74 Å². The van der Waals surface area contributed by atoms with Crippen molar-refractivity contribution in [1.29, 1.82) is 0 Å². The number of aromatic nitrogens is 2. The fourth-order valence-electron chi connectivity index (χ4n) is 2.04. The highest BCUT2D eigenvalue weighted by Crippen LogP contribution is 2.15. The van der Waals surface area contributed by atoms with E-state index in [1.165, 1.54) is 0 Å². The number of rotatable bonds is 3. The first-order chi connectivity index (χ1) is 11.1. The highest BCUT2D eigenvalue weighted by Gasteiger charge is 2.20. The van der Waals surface area contributed by atoms with E-state index in [0.29, 0.717) is 11.5 Å². The van der Waals surface area contributed by atoms with Crippen molar-refractivity contribution in [3.05, 3.63) is 46.1 Å². The third kappa shape index (κ3) is 5.19. The molecule has 0 aliphatic heterocycles. The third-order valence-corrected chi connectivity index (χ3v) is 3.47. The Morgan fingerprint density at radius 3 is 2.62 bits per heavy atom. The fourth-order valence-corrected chi connectivity index (χ4v) is 2.49. The highest BCUT2D eigenvalue weighted by atomic mass is 79.9. The van der Waals surface area contributed by atoms with Gasteiger partial charge in [-0.05, 0) is 45.4 Å². The Bertz CT molecular complexity index is 763. The van der Waals surface area contributed by atoms with Gasteiger partial charge >= 0.3 is 6.09 Å². The molecule has 0 bridgehead atoms. The summed E-state index contributed by atoms with van der Waals surface area (Å²) < 4.78 is 7.33. The molecule has 7 heteroatoms. The standard InChI is InChI=1S/C17H20BrN3O3/c1-11-8-14(20-21(11)16(23)24-17(2,3)4)19-15(22)10-12-6-5-7-13(18)9-12/h5-9H,10H2,1-4H3,(H,19,20,22).